The van der Waals surface area contributed by atoms with Crippen molar-refractivity contribution in [2.24, 2.45) is 0 Å². The molecule has 0 spiro atoms. The second kappa shape index (κ2) is 7.59. The van der Waals surface area contributed by atoms with Gasteiger partial charge in [-0.15, -0.1) is 0 Å². The lowest BCUT2D eigenvalue weighted by Crippen LogP contribution is -2.36. The Morgan fingerprint density at radius 3 is 2.48 bits per heavy atom. The van der Waals surface area contributed by atoms with Gasteiger partial charge in [-0.25, -0.2) is 13.1 Å². The van der Waals surface area contributed by atoms with Crippen LogP contribution in [-0.2, 0) is 21.4 Å². The molecular weight excluding hydrogens is 336 g/mol. The van der Waals surface area contributed by atoms with Crippen LogP contribution in [0.15, 0.2) is 53.4 Å². The molecule has 2 aromatic rings. The van der Waals surface area contributed by atoms with E-state index in [9.17, 15) is 13.2 Å². The first-order valence-corrected chi connectivity index (χ1v) is 8.80. The third-order valence-corrected chi connectivity index (χ3v) is 4.77. The van der Waals surface area contributed by atoms with E-state index in [0.717, 1.165) is 11.1 Å². The van der Waals surface area contributed by atoms with Gasteiger partial charge >= 0.3 is 0 Å². The van der Waals surface area contributed by atoms with Crippen LogP contribution in [0.25, 0.3) is 0 Å². The minimum absolute atomic E-state index is 0.0244. The number of sulfonamides is 1. The van der Waals surface area contributed by atoms with Gasteiger partial charge in [-0.1, -0.05) is 47.5 Å². The van der Waals surface area contributed by atoms with E-state index in [2.05, 4.69) is 10.0 Å². The van der Waals surface area contributed by atoms with Gasteiger partial charge in [0.25, 0.3) is 0 Å². The molecule has 0 aromatic heterocycles. The Morgan fingerprint density at radius 2 is 1.83 bits per heavy atom. The van der Waals surface area contributed by atoms with E-state index in [1.165, 1.54) is 18.2 Å². The van der Waals surface area contributed by atoms with Gasteiger partial charge in [0.2, 0.25) is 15.9 Å². The lowest BCUT2D eigenvalue weighted by Gasteiger charge is -2.08. The second-order valence-corrected chi connectivity index (χ2v) is 7.25. The second-order valence-electron chi connectivity index (χ2n) is 5.04. The third kappa shape index (κ3) is 5.35. The monoisotopic (exact) mass is 352 g/mol. The molecule has 1 amide bonds. The number of aryl methyl sites for hydroxylation is 1. The first kappa shape index (κ1) is 17.5. The van der Waals surface area contributed by atoms with Crippen LogP contribution in [0, 0.1) is 6.92 Å². The van der Waals surface area contributed by atoms with Gasteiger partial charge in [0.1, 0.15) is 0 Å². The van der Waals surface area contributed by atoms with E-state index in [-0.39, 0.29) is 11.4 Å². The Morgan fingerprint density at radius 1 is 1.13 bits per heavy atom. The molecule has 2 N–H and O–H groups in total. The Labute approximate surface area is 140 Å². The summed E-state index contributed by atoms with van der Waals surface area (Å²) in [6, 6.07) is 13.6. The zero-order valence-corrected chi connectivity index (χ0v) is 14.1. The van der Waals surface area contributed by atoms with E-state index in [1.807, 2.05) is 31.2 Å². The number of rotatable bonds is 6. The molecule has 0 fully saturated rings. The van der Waals surface area contributed by atoms with Crippen molar-refractivity contribution in [3.8, 4) is 0 Å². The summed E-state index contributed by atoms with van der Waals surface area (Å²) in [5.41, 5.74) is 2.08. The highest BCUT2D eigenvalue weighted by Crippen LogP contribution is 2.14. The largest absolute Gasteiger partial charge is 0.351 e. The molecule has 0 bridgehead atoms. The van der Waals surface area contributed by atoms with Gasteiger partial charge in [-0.05, 0) is 30.7 Å². The Kier molecular flexibility index (Phi) is 5.76. The summed E-state index contributed by atoms with van der Waals surface area (Å²) in [7, 11) is -3.76. The van der Waals surface area contributed by atoms with Gasteiger partial charge in [0.15, 0.2) is 0 Å². The number of amides is 1. The molecule has 0 aliphatic rings. The molecule has 0 radical (unpaired) electrons. The molecule has 122 valence electrons. The van der Waals surface area contributed by atoms with Crippen LogP contribution in [0.1, 0.15) is 11.1 Å². The van der Waals surface area contributed by atoms with E-state index >= 15 is 0 Å². The first-order chi connectivity index (χ1) is 10.9. The zero-order valence-electron chi connectivity index (χ0n) is 12.5. The molecule has 7 heteroatoms. The van der Waals surface area contributed by atoms with E-state index in [1.54, 1.807) is 6.07 Å². The summed E-state index contributed by atoms with van der Waals surface area (Å²) in [6.45, 7) is 1.99. The predicted octanol–water partition coefficient (Wildman–Crippen LogP) is 2.24. The Balaban J connectivity index is 1.87. The van der Waals surface area contributed by atoms with Crippen LogP contribution < -0.4 is 10.0 Å². The quantitative estimate of drug-likeness (QED) is 0.837. The first-order valence-electron chi connectivity index (χ1n) is 6.94. The third-order valence-electron chi connectivity index (χ3n) is 3.14. The van der Waals surface area contributed by atoms with Crippen LogP contribution in [0.4, 0.5) is 0 Å². The number of carbonyl (C=O) groups excluding carboxylic acids is 1. The topological polar surface area (TPSA) is 75.3 Å². The molecule has 0 aliphatic heterocycles. The highest BCUT2D eigenvalue weighted by molar-refractivity contribution is 7.89. The smallest absolute Gasteiger partial charge is 0.241 e. The number of hydrogen-bond acceptors (Lipinski definition) is 3. The number of hydrogen-bond donors (Lipinski definition) is 2. The number of carbonyl (C=O) groups is 1. The summed E-state index contributed by atoms with van der Waals surface area (Å²) in [4.78, 5) is 11.8. The van der Waals surface area contributed by atoms with Gasteiger partial charge in [0, 0.05) is 11.6 Å². The van der Waals surface area contributed by atoms with E-state index < -0.39 is 15.9 Å². The minimum atomic E-state index is -3.76. The van der Waals surface area contributed by atoms with Gasteiger partial charge < -0.3 is 5.32 Å². The van der Waals surface area contributed by atoms with Crippen molar-refractivity contribution >= 4 is 27.5 Å². The molecule has 0 atom stereocenters. The molecule has 2 aromatic carbocycles. The molecule has 2 rings (SSSR count). The lowest BCUT2D eigenvalue weighted by atomic mass is 10.1. The molecule has 23 heavy (non-hydrogen) atoms. The normalized spacial score (nSPS) is 11.2. The maximum Gasteiger partial charge on any atom is 0.241 e. The highest BCUT2D eigenvalue weighted by Gasteiger charge is 2.15. The molecule has 0 heterocycles. The van der Waals surface area contributed by atoms with Crippen LogP contribution in [0.5, 0.6) is 0 Å². The maximum atomic E-state index is 12.1. The van der Waals surface area contributed by atoms with Crippen molar-refractivity contribution in [3.05, 3.63) is 64.7 Å². The predicted molar refractivity (Wildman–Crippen MR) is 89.7 cm³/mol. The number of benzene rings is 2. The van der Waals surface area contributed by atoms with Crippen LogP contribution in [0.3, 0.4) is 0 Å². The summed E-state index contributed by atoms with van der Waals surface area (Å²) in [5.74, 6) is -0.406. The van der Waals surface area contributed by atoms with Gasteiger partial charge in [-0.3, -0.25) is 4.79 Å². The summed E-state index contributed by atoms with van der Waals surface area (Å²) < 4.78 is 26.4. The van der Waals surface area contributed by atoms with Crippen LogP contribution >= 0.6 is 11.6 Å². The fraction of sp³-hybridized carbons (Fsp3) is 0.188. The minimum Gasteiger partial charge on any atom is -0.351 e. The average Bonchev–Trinajstić information content (AvgIpc) is 2.52. The standard InChI is InChI=1S/C16H17ClN2O3S/c1-12-5-7-13(8-6-12)10-18-16(20)11-19-23(21,22)15-4-2-3-14(17)9-15/h2-9,19H,10-11H2,1H3,(H,18,20). The molecule has 0 aliphatic carbocycles. The summed E-state index contributed by atoms with van der Waals surface area (Å²) in [5, 5.41) is 2.98. The van der Waals surface area contributed by atoms with Crippen molar-refractivity contribution < 1.29 is 13.2 Å². The van der Waals surface area contributed by atoms with Crippen LogP contribution in [-0.4, -0.2) is 20.9 Å². The fourth-order valence-electron chi connectivity index (χ4n) is 1.85. The lowest BCUT2D eigenvalue weighted by molar-refractivity contribution is -0.120. The summed E-state index contributed by atoms with van der Waals surface area (Å²) in [6.07, 6.45) is 0. The van der Waals surface area contributed by atoms with E-state index in [0.29, 0.717) is 11.6 Å². The SMILES string of the molecule is Cc1ccc(CNC(=O)CNS(=O)(=O)c2cccc(Cl)c2)cc1. The fourth-order valence-corrected chi connectivity index (χ4v) is 3.13. The van der Waals surface area contributed by atoms with Crippen molar-refractivity contribution in [3.63, 3.8) is 0 Å². The highest BCUT2D eigenvalue weighted by atomic mass is 35.5. The summed E-state index contributed by atoms with van der Waals surface area (Å²) >= 11 is 5.77. The number of nitrogens with one attached hydrogen (secondary N) is 2. The van der Waals surface area contributed by atoms with Gasteiger partial charge in [0.05, 0.1) is 11.4 Å². The molecule has 0 unspecified atom stereocenters. The molecule has 5 nitrogen and oxygen atoms in total. The van der Waals surface area contributed by atoms with Crippen molar-refractivity contribution in [1.82, 2.24) is 10.0 Å². The zero-order chi connectivity index (χ0) is 16.9. The number of halogens is 1. The average molecular weight is 353 g/mol. The molecular formula is C16H17ClN2O3S. The van der Waals surface area contributed by atoms with Crippen LogP contribution in [0.2, 0.25) is 5.02 Å². The molecule has 0 saturated heterocycles. The Hall–Kier alpha value is -1.89. The van der Waals surface area contributed by atoms with Gasteiger partial charge in [-0.2, -0.15) is 0 Å². The van der Waals surface area contributed by atoms with Crippen molar-refractivity contribution in [2.75, 3.05) is 6.54 Å². The maximum absolute atomic E-state index is 12.1. The van der Waals surface area contributed by atoms with Crippen molar-refractivity contribution in [2.45, 2.75) is 18.4 Å². The Bertz CT molecular complexity index is 789. The van der Waals surface area contributed by atoms with Crippen molar-refractivity contribution in [1.29, 1.82) is 0 Å². The van der Waals surface area contributed by atoms with E-state index in [4.69, 9.17) is 11.6 Å². The molecule has 0 saturated carbocycles.